The molecule has 1 heterocycles. The number of nitrogens with two attached hydrogens (primary N) is 1. The van der Waals surface area contributed by atoms with Crippen molar-refractivity contribution in [1.29, 1.82) is 0 Å². The number of hydrogen-bond donors (Lipinski definition) is 3. The van der Waals surface area contributed by atoms with Gasteiger partial charge in [-0.05, 0) is 36.1 Å². The zero-order valence-corrected chi connectivity index (χ0v) is 14.7. The van der Waals surface area contributed by atoms with Gasteiger partial charge in [-0.3, -0.25) is 9.78 Å². The normalized spacial score (nSPS) is 13.1. The number of urea groups is 1. The lowest BCUT2D eigenvalue weighted by molar-refractivity contribution is -0.120. The van der Waals surface area contributed by atoms with Crippen molar-refractivity contribution < 1.29 is 9.59 Å². The molecule has 3 amide bonds. The summed E-state index contributed by atoms with van der Waals surface area (Å²) in [6, 6.07) is 11.4. The minimum Gasteiger partial charge on any atom is -0.368 e. The molecule has 0 fully saturated rings. The number of hydrogen-bond acceptors (Lipinski definition) is 3. The highest BCUT2D eigenvalue weighted by Gasteiger charge is 2.22. The van der Waals surface area contributed by atoms with E-state index in [2.05, 4.69) is 35.5 Å². The molecule has 0 radical (unpaired) electrons. The predicted molar refractivity (Wildman–Crippen MR) is 96.8 cm³/mol. The summed E-state index contributed by atoms with van der Waals surface area (Å²) in [5, 5.41) is 5.46. The number of amides is 3. The molecule has 0 aliphatic rings. The summed E-state index contributed by atoms with van der Waals surface area (Å²) in [6.07, 6.45) is 1.55. The highest BCUT2D eigenvalue weighted by molar-refractivity contribution is 5.86. The molecule has 0 saturated heterocycles. The monoisotopic (exact) mass is 340 g/mol. The molecule has 132 valence electrons. The van der Waals surface area contributed by atoms with E-state index in [4.69, 9.17) is 5.73 Å². The molecule has 1 aromatic heterocycles. The fraction of sp³-hybridized carbons (Fsp3) is 0.316. The Kier molecular flexibility index (Phi) is 6.11. The van der Waals surface area contributed by atoms with Gasteiger partial charge in [0.05, 0.1) is 11.7 Å². The molecule has 0 bridgehead atoms. The topological polar surface area (TPSA) is 97.1 Å². The molecule has 0 aliphatic heterocycles. The van der Waals surface area contributed by atoms with Gasteiger partial charge in [0.1, 0.15) is 0 Å². The number of benzene rings is 1. The van der Waals surface area contributed by atoms with E-state index in [9.17, 15) is 9.59 Å². The molecule has 2 rings (SSSR count). The molecule has 2 atom stereocenters. The quantitative estimate of drug-likeness (QED) is 0.754. The van der Waals surface area contributed by atoms with Gasteiger partial charge in [-0.2, -0.15) is 0 Å². The summed E-state index contributed by atoms with van der Waals surface area (Å²) < 4.78 is 0. The molecule has 1 aromatic carbocycles. The Morgan fingerprint density at radius 3 is 2.16 bits per heavy atom. The van der Waals surface area contributed by atoms with E-state index in [0.29, 0.717) is 11.6 Å². The van der Waals surface area contributed by atoms with E-state index in [1.165, 1.54) is 5.56 Å². The van der Waals surface area contributed by atoms with Crippen LogP contribution in [0.5, 0.6) is 0 Å². The van der Waals surface area contributed by atoms with E-state index >= 15 is 0 Å². The highest BCUT2D eigenvalue weighted by Crippen LogP contribution is 2.24. The summed E-state index contributed by atoms with van der Waals surface area (Å²) in [6.45, 7) is 6.12. The molecule has 4 N–H and O–H groups in total. The van der Waals surface area contributed by atoms with Gasteiger partial charge < -0.3 is 16.4 Å². The average molecular weight is 340 g/mol. The molecule has 0 saturated carbocycles. The first kappa shape index (κ1) is 18.4. The number of rotatable bonds is 6. The summed E-state index contributed by atoms with van der Waals surface area (Å²) in [7, 11) is 0. The molecule has 0 aliphatic carbocycles. The van der Waals surface area contributed by atoms with Crippen LogP contribution in [0.25, 0.3) is 0 Å². The Morgan fingerprint density at radius 1 is 0.960 bits per heavy atom. The number of nitrogens with zero attached hydrogens (tertiary/aromatic N) is 1. The fourth-order valence-electron chi connectivity index (χ4n) is 2.72. The minimum absolute atomic E-state index is 0.212. The maximum absolute atomic E-state index is 12.3. The van der Waals surface area contributed by atoms with Gasteiger partial charge >= 0.3 is 6.03 Å². The van der Waals surface area contributed by atoms with Crippen LogP contribution in [0.3, 0.4) is 0 Å². The Morgan fingerprint density at radius 2 is 1.60 bits per heavy atom. The van der Waals surface area contributed by atoms with Crippen LogP contribution in [0.15, 0.2) is 48.7 Å². The number of pyridine rings is 1. The van der Waals surface area contributed by atoms with Gasteiger partial charge in [0.2, 0.25) is 5.91 Å². The zero-order chi connectivity index (χ0) is 18.4. The van der Waals surface area contributed by atoms with Gasteiger partial charge in [0, 0.05) is 6.20 Å². The van der Waals surface area contributed by atoms with E-state index in [0.717, 1.165) is 5.56 Å². The maximum atomic E-state index is 12.3. The van der Waals surface area contributed by atoms with Crippen LogP contribution in [0.4, 0.5) is 4.79 Å². The predicted octanol–water partition coefficient (Wildman–Crippen LogP) is 2.79. The second-order valence-corrected chi connectivity index (χ2v) is 6.21. The van der Waals surface area contributed by atoms with Gasteiger partial charge in [0.15, 0.2) is 6.04 Å². The number of carbonyl (C=O) groups excluding carboxylic acids is 2. The standard InChI is InChI=1S/C19H24N4O2/c1-12(2)14-8-4-5-9-15(14)13(3)22-19(25)23-17(18(20)24)16-10-6-7-11-21-16/h4-13,17H,1-3H3,(H2,20,24)(H2,22,23,25). The van der Waals surface area contributed by atoms with Crippen LogP contribution in [0, 0.1) is 0 Å². The van der Waals surface area contributed by atoms with Crippen LogP contribution in [0.2, 0.25) is 0 Å². The highest BCUT2D eigenvalue weighted by atomic mass is 16.2. The van der Waals surface area contributed by atoms with Gasteiger partial charge in [-0.15, -0.1) is 0 Å². The molecular formula is C19H24N4O2. The third kappa shape index (κ3) is 4.79. The Balaban J connectivity index is 2.10. The van der Waals surface area contributed by atoms with Crippen molar-refractivity contribution in [3.05, 3.63) is 65.5 Å². The van der Waals surface area contributed by atoms with E-state index in [1.807, 2.05) is 25.1 Å². The van der Waals surface area contributed by atoms with Crippen LogP contribution < -0.4 is 16.4 Å². The van der Waals surface area contributed by atoms with Crippen molar-refractivity contribution in [1.82, 2.24) is 15.6 Å². The van der Waals surface area contributed by atoms with E-state index in [-0.39, 0.29) is 6.04 Å². The molecule has 2 aromatic rings. The van der Waals surface area contributed by atoms with E-state index < -0.39 is 18.0 Å². The zero-order valence-electron chi connectivity index (χ0n) is 14.7. The summed E-state index contributed by atoms with van der Waals surface area (Å²) in [4.78, 5) is 28.1. The summed E-state index contributed by atoms with van der Waals surface area (Å²) in [5.41, 5.74) is 8.02. The molecule has 2 unspecified atom stereocenters. The lowest BCUT2D eigenvalue weighted by Crippen LogP contribution is -2.44. The fourth-order valence-corrected chi connectivity index (χ4v) is 2.72. The second-order valence-electron chi connectivity index (χ2n) is 6.21. The van der Waals surface area contributed by atoms with Crippen LogP contribution >= 0.6 is 0 Å². The lowest BCUT2D eigenvalue weighted by Gasteiger charge is -2.22. The summed E-state index contributed by atoms with van der Waals surface area (Å²) >= 11 is 0. The molecular weight excluding hydrogens is 316 g/mol. The average Bonchev–Trinajstić information content (AvgIpc) is 2.60. The molecule has 6 heteroatoms. The number of primary amides is 1. The van der Waals surface area contributed by atoms with Crippen LogP contribution in [-0.4, -0.2) is 16.9 Å². The minimum atomic E-state index is -0.978. The summed E-state index contributed by atoms with van der Waals surface area (Å²) in [5.74, 6) is -0.320. The number of carbonyl (C=O) groups is 2. The first-order valence-electron chi connectivity index (χ1n) is 8.26. The van der Waals surface area contributed by atoms with Crippen molar-refractivity contribution in [2.45, 2.75) is 38.8 Å². The van der Waals surface area contributed by atoms with Crippen LogP contribution in [0.1, 0.15) is 55.6 Å². The third-order valence-corrected chi connectivity index (χ3v) is 3.98. The Labute approximate surface area is 147 Å². The van der Waals surface area contributed by atoms with Crippen molar-refractivity contribution in [2.75, 3.05) is 0 Å². The van der Waals surface area contributed by atoms with Crippen molar-refractivity contribution in [3.63, 3.8) is 0 Å². The van der Waals surface area contributed by atoms with Gasteiger partial charge in [-0.25, -0.2) is 4.79 Å². The van der Waals surface area contributed by atoms with Crippen molar-refractivity contribution in [3.8, 4) is 0 Å². The second kappa shape index (κ2) is 8.28. The van der Waals surface area contributed by atoms with Gasteiger partial charge in [0.25, 0.3) is 0 Å². The molecule has 25 heavy (non-hydrogen) atoms. The van der Waals surface area contributed by atoms with Crippen molar-refractivity contribution >= 4 is 11.9 Å². The van der Waals surface area contributed by atoms with Crippen molar-refractivity contribution in [2.24, 2.45) is 5.73 Å². The SMILES string of the molecule is CC(C)c1ccccc1C(C)NC(=O)NC(C(N)=O)c1ccccn1. The Hall–Kier alpha value is -2.89. The Bertz CT molecular complexity index is 731. The molecule has 6 nitrogen and oxygen atoms in total. The van der Waals surface area contributed by atoms with Crippen LogP contribution in [-0.2, 0) is 4.79 Å². The third-order valence-electron chi connectivity index (χ3n) is 3.98. The number of nitrogens with one attached hydrogen (secondary N) is 2. The smallest absolute Gasteiger partial charge is 0.316 e. The largest absolute Gasteiger partial charge is 0.368 e. The first-order valence-corrected chi connectivity index (χ1v) is 8.26. The lowest BCUT2D eigenvalue weighted by atomic mass is 9.93. The molecule has 0 spiro atoms. The van der Waals surface area contributed by atoms with E-state index in [1.54, 1.807) is 24.4 Å². The first-order chi connectivity index (χ1) is 11.9. The number of aromatic nitrogens is 1. The maximum Gasteiger partial charge on any atom is 0.316 e. The van der Waals surface area contributed by atoms with Gasteiger partial charge in [-0.1, -0.05) is 44.2 Å².